The third kappa shape index (κ3) is 3.43. The lowest BCUT2D eigenvalue weighted by atomic mass is 9.92. The van der Waals surface area contributed by atoms with Gasteiger partial charge >= 0.3 is 0 Å². The molecule has 2 N–H and O–H groups in total. The zero-order chi connectivity index (χ0) is 14.0. The molecule has 0 saturated heterocycles. The molecule has 0 radical (unpaired) electrons. The molecule has 1 aliphatic rings. The Morgan fingerprint density at radius 2 is 2.11 bits per heavy atom. The number of benzene rings is 1. The quantitative estimate of drug-likeness (QED) is 0.853. The van der Waals surface area contributed by atoms with E-state index in [1.807, 2.05) is 6.07 Å². The molecule has 0 spiro atoms. The third-order valence-electron chi connectivity index (χ3n) is 3.69. The highest BCUT2D eigenvalue weighted by molar-refractivity contribution is 6.31. The maximum Gasteiger partial charge on any atom is 0.125 e. The summed E-state index contributed by atoms with van der Waals surface area (Å²) in [4.78, 5) is 0. The van der Waals surface area contributed by atoms with Crippen LogP contribution < -0.4 is 10.5 Å². The van der Waals surface area contributed by atoms with Crippen LogP contribution in [0, 0.1) is 12.8 Å². The van der Waals surface area contributed by atoms with E-state index in [4.69, 9.17) is 22.1 Å². The second-order valence-electron chi connectivity index (χ2n) is 5.84. The smallest absolute Gasteiger partial charge is 0.125 e. The summed E-state index contributed by atoms with van der Waals surface area (Å²) in [6.45, 7) is 7.86. The first-order valence-corrected chi connectivity index (χ1v) is 7.57. The van der Waals surface area contributed by atoms with Crippen molar-refractivity contribution in [2.75, 3.05) is 13.2 Å². The molecule has 0 aromatic heterocycles. The van der Waals surface area contributed by atoms with Crippen LogP contribution in [-0.2, 0) is 6.42 Å². The summed E-state index contributed by atoms with van der Waals surface area (Å²) < 4.78 is 6.08. The topological polar surface area (TPSA) is 35.2 Å². The van der Waals surface area contributed by atoms with Gasteiger partial charge in [-0.25, -0.2) is 0 Å². The lowest BCUT2D eigenvalue weighted by Crippen LogP contribution is -2.11. The number of hydrogen-bond donors (Lipinski definition) is 1. The van der Waals surface area contributed by atoms with E-state index < -0.39 is 0 Å². The Morgan fingerprint density at radius 3 is 2.63 bits per heavy atom. The number of hydrogen-bond acceptors (Lipinski definition) is 2. The zero-order valence-electron chi connectivity index (χ0n) is 12.1. The highest BCUT2D eigenvalue weighted by atomic mass is 35.5. The van der Waals surface area contributed by atoms with Crippen LogP contribution in [0.2, 0.25) is 5.02 Å². The Morgan fingerprint density at radius 1 is 1.42 bits per heavy atom. The molecule has 1 aromatic carbocycles. The van der Waals surface area contributed by atoms with Crippen molar-refractivity contribution < 1.29 is 4.74 Å². The second-order valence-corrected chi connectivity index (χ2v) is 6.25. The Labute approximate surface area is 121 Å². The first-order chi connectivity index (χ1) is 9.04. The molecule has 0 unspecified atom stereocenters. The summed E-state index contributed by atoms with van der Waals surface area (Å²) in [5.41, 5.74) is 9.30. The van der Waals surface area contributed by atoms with Gasteiger partial charge in [0, 0.05) is 10.6 Å². The number of ether oxygens (including phenoxy) is 1. The maximum absolute atomic E-state index is 6.42. The van der Waals surface area contributed by atoms with E-state index in [9.17, 15) is 0 Å². The average Bonchev–Trinajstić information content (AvgIpc) is 3.11. The van der Waals surface area contributed by atoms with Gasteiger partial charge in [0.2, 0.25) is 0 Å². The van der Waals surface area contributed by atoms with Crippen molar-refractivity contribution in [2.24, 2.45) is 11.7 Å². The van der Waals surface area contributed by atoms with E-state index >= 15 is 0 Å². The summed E-state index contributed by atoms with van der Waals surface area (Å²) >= 11 is 6.42. The van der Waals surface area contributed by atoms with Gasteiger partial charge in [-0.3, -0.25) is 0 Å². The Bertz CT molecular complexity index is 453. The van der Waals surface area contributed by atoms with Gasteiger partial charge in [0.05, 0.1) is 6.61 Å². The van der Waals surface area contributed by atoms with Crippen molar-refractivity contribution >= 4 is 11.6 Å². The van der Waals surface area contributed by atoms with Crippen LogP contribution in [0.15, 0.2) is 6.07 Å². The van der Waals surface area contributed by atoms with Crippen LogP contribution in [0.4, 0.5) is 0 Å². The minimum Gasteiger partial charge on any atom is -0.493 e. The van der Waals surface area contributed by atoms with E-state index in [2.05, 4.69) is 20.8 Å². The SMILES string of the molecule is Cc1cc(Cl)c(C(C)C)c(CCN)c1OCC1CC1. The van der Waals surface area contributed by atoms with E-state index in [0.717, 1.165) is 35.3 Å². The fourth-order valence-electron chi connectivity index (χ4n) is 2.54. The molecular weight excluding hydrogens is 258 g/mol. The lowest BCUT2D eigenvalue weighted by molar-refractivity contribution is 0.294. The van der Waals surface area contributed by atoms with Crippen LogP contribution in [0.5, 0.6) is 5.75 Å². The summed E-state index contributed by atoms with van der Waals surface area (Å²) in [7, 11) is 0. The highest BCUT2D eigenvalue weighted by Crippen LogP contribution is 2.38. The van der Waals surface area contributed by atoms with E-state index in [-0.39, 0.29) is 0 Å². The minimum absolute atomic E-state index is 0.387. The maximum atomic E-state index is 6.42. The van der Waals surface area contributed by atoms with Crippen molar-refractivity contribution in [1.82, 2.24) is 0 Å². The molecule has 3 heteroatoms. The molecule has 0 aliphatic heterocycles. The summed E-state index contributed by atoms with van der Waals surface area (Å²) in [5.74, 6) is 2.16. The van der Waals surface area contributed by atoms with Crippen molar-refractivity contribution in [1.29, 1.82) is 0 Å². The summed E-state index contributed by atoms with van der Waals surface area (Å²) in [6.07, 6.45) is 3.43. The number of rotatable bonds is 6. The van der Waals surface area contributed by atoms with Crippen molar-refractivity contribution in [3.8, 4) is 5.75 Å². The Balaban J connectivity index is 2.38. The van der Waals surface area contributed by atoms with Gasteiger partial charge in [-0.2, -0.15) is 0 Å². The summed E-state index contributed by atoms with van der Waals surface area (Å²) in [6, 6.07) is 2.03. The molecule has 0 heterocycles. The molecular formula is C16H24ClNO. The molecule has 1 aromatic rings. The molecule has 1 aliphatic carbocycles. The Hall–Kier alpha value is -0.730. The molecule has 2 rings (SSSR count). The first kappa shape index (κ1) is 14.7. The van der Waals surface area contributed by atoms with Crippen LogP contribution in [0.1, 0.15) is 49.3 Å². The molecule has 1 fully saturated rings. The summed E-state index contributed by atoms with van der Waals surface area (Å²) in [5, 5.41) is 0.842. The van der Waals surface area contributed by atoms with Crippen LogP contribution >= 0.6 is 11.6 Å². The molecule has 1 saturated carbocycles. The number of nitrogens with two attached hydrogens (primary N) is 1. The second kappa shape index (κ2) is 6.15. The molecule has 106 valence electrons. The minimum atomic E-state index is 0.387. The van der Waals surface area contributed by atoms with Gasteiger partial charge in [-0.05, 0) is 61.8 Å². The monoisotopic (exact) mass is 281 g/mol. The van der Waals surface area contributed by atoms with E-state index in [1.54, 1.807) is 0 Å². The Kier molecular flexibility index (Phi) is 4.75. The zero-order valence-corrected chi connectivity index (χ0v) is 12.9. The van der Waals surface area contributed by atoms with Crippen molar-refractivity contribution in [3.63, 3.8) is 0 Å². The predicted molar refractivity (Wildman–Crippen MR) is 81.3 cm³/mol. The van der Waals surface area contributed by atoms with Gasteiger partial charge in [0.15, 0.2) is 0 Å². The average molecular weight is 282 g/mol. The van der Waals surface area contributed by atoms with E-state index in [0.29, 0.717) is 12.5 Å². The predicted octanol–water partition coefficient (Wildman–Crippen LogP) is 4.06. The standard InChI is InChI=1S/C16H24ClNO/c1-10(2)15-13(6-7-18)16(11(3)8-14(15)17)19-9-12-4-5-12/h8,10,12H,4-7,9,18H2,1-3H3. The molecule has 0 amide bonds. The highest BCUT2D eigenvalue weighted by Gasteiger charge is 2.24. The lowest BCUT2D eigenvalue weighted by Gasteiger charge is -2.21. The van der Waals surface area contributed by atoms with Gasteiger partial charge in [-0.15, -0.1) is 0 Å². The van der Waals surface area contributed by atoms with E-state index in [1.165, 1.54) is 24.0 Å². The largest absolute Gasteiger partial charge is 0.493 e. The van der Waals surface area contributed by atoms with Crippen LogP contribution in [-0.4, -0.2) is 13.2 Å². The van der Waals surface area contributed by atoms with Crippen molar-refractivity contribution in [3.05, 3.63) is 27.8 Å². The fourth-order valence-corrected chi connectivity index (χ4v) is 3.04. The third-order valence-corrected chi connectivity index (χ3v) is 4.00. The normalized spacial score (nSPS) is 15.1. The van der Waals surface area contributed by atoms with Crippen molar-refractivity contribution in [2.45, 2.75) is 46.0 Å². The van der Waals surface area contributed by atoms with Crippen LogP contribution in [0.3, 0.4) is 0 Å². The van der Waals surface area contributed by atoms with Crippen LogP contribution in [0.25, 0.3) is 0 Å². The molecule has 19 heavy (non-hydrogen) atoms. The number of aryl methyl sites for hydroxylation is 1. The molecule has 0 bridgehead atoms. The number of halogens is 1. The van der Waals surface area contributed by atoms with Gasteiger partial charge < -0.3 is 10.5 Å². The fraction of sp³-hybridized carbons (Fsp3) is 0.625. The molecule has 2 nitrogen and oxygen atoms in total. The van der Waals surface area contributed by atoms with Gasteiger partial charge in [0.25, 0.3) is 0 Å². The first-order valence-electron chi connectivity index (χ1n) is 7.19. The molecule has 0 atom stereocenters. The van der Waals surface area contributed by atoms with Gasteiger partial charge in [0.1, 0.15) is 5.75 Å². The van der Waals surface area contributed by atoms with Gasteiger partial charge in [-0.1, -0.05) is 25.4 Å².